The maximum absolute atomic E-state index is 6.14. The average molecular weight is 395 g/mol. The first-order valence-electron chi connectivity index (χ1n) is 9.11. The highest BCUT2D eigenvalue weighted by atomic mass is 35.5. The van der Waals surface area contributed by atoms with E-state index in [4.69, 9.17) is 16.3 Å². The summed E-state index contributed by atoms with van der Waals surface area (Å²) >= 11 is 6.14. The van der Waals surface area contributed by atoms with E-state index in [0.29, 0.717) is 17.3 Å². The lowest BCUT2D eigenvalue weighted by molar-refractivity contribution is -0.564. The van der Waals surface area contributed by atoms with Gasteiger partial charge in [-0.1, -0.05) is 53.0 Å². The van der Waals surface area contributed by atoms with Crippen LogP contribution >= 0.6 is 11.6 Å². The third-order valence-corrected chi connectivity index (χ3v) is 4.46. The molecule has 2 aromatic heterocycles. The molecular weight excluding hydrogens is 374 g/mol. The lowest BCUT2D eigenvalue weighted by Crippen LogP contribution is -2.29. The number of halogens is 1. The van der Waals surface area contributed by atoms with E-state index in [0.717, 1.165) is 28.4 Å². The summed E-state index contributed by atoms with van der Waals surface area (Å²) in [7, 11) is 0. The van der Waals surface area contributed by atoms with Gasteiger partial charge in [0, 0.05) is 22.2 Å². The minimum atomic E-state index is 0.0662. The van der Waals surface area contributed by atoms with Gasteiger partial charge in [-0.2, -0.15) is 0 Å². The Hall–Kier alpha value is -3.12. The van der Waals surface area contributed by atoms with E-state index < -0.39 is 0 Å². The van der Waals surface area contributed by atoms with Crippen molar-refractivity contribution in [1.82, 2.24) is 15.1 Å². The van der Waals surface area contributed by atoms with Crippen LogP contribution in [-0.2, 0) is 6.54 Å². The Kier molecular flexibility index (Phi) is 5.12. The van der Waals surface area contributed by atoms with Crippen molar-refractivity contribution < 1.29 is 9.25 Å². The second kappa shape index (κ2) is 7.86. The Bertz CT molecular complexity index is 1090. The number of benzene rings is 2. The zero-order valence-corrected chi connectivity index (χ0v) is 16.4. The van der Waals surface area contributed by atoms with Gasteiger partial charge in [-0.15, -0.1) is 9.50 Å². The highest BCUT2D eigenvalue weighted by Crippen LogP contribution is 2.26. The van der Waals surface area contributed by atoms with Crippen LogP contribution in [0.25, 0.3) is 17.0 Å². The normalized spacial score (nSPS) is 11.1. The molecule has 7 heteroatoms. The number of nitrogens with one attached hydrogen (secondary N) is 2. The predicted molar refractivity (Wildman–Crippen MR) is 110 cm³/mol. The summed E-state index contributed by atoms with van der Waals surface area (Å²) in [6.07, 6.45) is 1.69. The van der Waals surface area contributed by atoms with E-state index in [1.165, 1.54) is 0 Å². The van der Waals surface area contributed by atoms with E-state index in [1.54, 1.807) is 6.33 Å². The van der Waals surface area contributed by atoms with Gasteiger partial charge < -0.3 is 10.1 Å². The monoisotopic (exact) mass is 394 g/mol. The highest BCUT2D eigenvalue weighted by molar-refractivity contribution is 6.30. The molecule has 0 aliphatic heterocycles. The molecular formula is C21H21ClN5O+. The van der Waals surface area contributed by atoms with Gasteiger partial charge in [0.05, 0.1) is 12.6 Å². The largest absolute Gasteiger partial charge is 0.491 e. The number of hydrogen-bond acceptors (Lipinski definition) is 4. The lowest BCUT2D eigenvalue weighted by Gasteiger charge is -2.14. The van der Waals surface area contributed by atoms with Crippen molar-refractivity contribution in [3.63, 3.8) is 0 Å². The Morgan fingerprint density at radius 1 is 1.14 bits per heavy atom. The highest BCUT2D eigenvalue weighted by Gasteiger charge is 2.16. The average Bonchev–Trinajstić information content (AvgIpc) is 3.16. The van der Waals surface area contributed by atoms with Crippen LogP contribution in [0, 0.1) is 0 Å². The van der Waals surface area contributed by atoms with Gasteiger partial charge in [0.2, 0.25) is 5.82 Å². The van der Waals surface area contributed by atoms with Crippen LogP contribution < -0.4 is 14.6 Å². The number of hydrogen-bond donors (Lipinski definition) is 2. The summed E-state index contributed by atoms with van der Waals surface area (Å²) in [5.74, 6) is 2.23. The van der Waals surface area contributed by atoms with Gasteiger partial charge in [-0.3, -0.25) is 0 Å². The molecule has 0 saturated heterocycles. The van der Waals surface area contributed by atoms with Crippen LogP contribution in [0.1, 0.15) is 19.4 Å². The van der Waals surface area contributed by atoms with Crippen molar-refractivity contribution >= 4 is 23.2 Å². The van der Waals surface area contributed by atoms with E-state index in [9.17, 15) is 0 Å². The maximum Gasteiger partial charge on any atom is 0.408 e. The number of rotatable bonds is 6. The number of ether oxygens (including phenoxy) is 1. The van der Waals surface area contributed by atoms with Crippen LogP contribution in [-0.4, -0.2) is 21.2 Å². The van der Waals surface area contributed by atoms with Gasteiger partial charge >= 0.3 is 5.78 Å². The molecule has 0 atom stereocenters. The van der Waals surface area contributed by atoms with E-state index >= 15 is 0 Å². The molecule has 4 aromatic rings. The first-order valence-corrected chi connectivity index (χ1v) is 9.48. The van der Waals surface area contributed by atoms with Crippen molar-refractivity contribution in [1.29, 1.82) is 0 Å². The molecule has 0 saturated carbocycles. The molecule has 0 fully saturated rings. The van der Waals surface area contributed by atoms with Gasteiger partial charge in [-0.05, 0) is 26.0 Å². The molecule has 0 amide bonds. The molecule has 142 valence electrons. The second-order valence-electron chi connectivity index (χ2n) is 6.69. The summed E-state index contributed by atoms with van der Waals surface area (Å²) in [4.78, 5) is 8.93. The minimum absolute atomic E-state index is 0.0662. The number of H-pyrrole nitrogens is 1. The summed E-state index contributed by atoms with van der Waals surface area (Å²) in [5.41, 5.74) is 2.90. The molecule has 0 aliphatic carbocycles. The Morgan fingerprint density at radius 2 is 1.96 bits per heavy atom. The fourth-order valence-corrected chi connectivity index (χ4v) is 3.12. The van der Waals surface area contributed by atoms with Crippen molar-refractivity contribution in [3.05, 3.63) is 71.5 Å². The van der Waals surface area contributed by atoms with E-state index in [2.05, 4.69) is 20.4 Å². The molecule has 2 N–H and O–H groups in total. The first-order chi connectivity index (χ1) is 13.6. The molecule has 0 spiro atoms. The summed E-state index contributed by atoms with van der Waals surface area (Å²) in [5, 5.41) is 7.20. The molecule has 0 bridgehead atoms. The summed E-state index contributed by atoms with van der Waals surface area (Å²) in [6.45, 7) is 4.56. The summed E-state index contributed by atoms with van der Waals surface area (Å²) < 4.78 is 7.73. The maximum atomic E-state index is 6.14. The first kappa shape index (κ1) is 18.3. The Balaban J connectivity index is 1.66. The van der Waals surface area contributed by atoms with Gasteiger partial charge in [0.15, 0.2) is 6.33 Å². The van der Waals surface area contributed by atoms with Crippen LogP contribution in [0.15, 0.2) is 60.9 Å². The topological polar surface area (TPSA) is 66.9 Å². The third-order valence-electron chi connectivity index (χ3n) is 4.22. The standard InChI is InChI=1S/C21H20ClN5O/c1-14(2)28-19-10-17(22)9-8-16(19)12-23-20-11-18(15-6-4-3-5-7-15)26-21-24-13-25-27(20)21/h3-11,13-14H,12H2,1-2H3,(H,23,24,25,26)/p+1. The lowest BCUT2D eigenvalue weighted by atomic mass is 10.1. The predicted octanol–water partition coefficient (Wildman–Crippen LogP) is 4.26. The number of anilines is 1. The summed E-state index contributed by atoms with van der Waals surface area (Å²) in [6, 6.07) is 17.7. The van der Waals surface area contributed by atoms with Crippen LogP contribution in [0.2, 0.25) is 5.02 Å². The van der Waals surface area contributed by atoms with Gasteiger partial charge in [0.1, 0.15) is 11.4 Å². The fraction of sp³-hybridized carbons (Fsp3) is 0.190. The molecule has 28 heavy (non-hydrogen) atoms. The zero-order valence-electron chi connectivity index (χ0n) is 15.7. The molecule has 2 heterocycles. The Morgan fingerprint density at radius 3 is 2.75 bits per heavy atom. The number of fused-ring (bicyclic) bond motifs is 1. The SMILES string of the molecule is CC(C)Oc1cc(Cl)ccc1CNc1cc(-c2ccccc2)nc2nc[nH][n+]12. The smallest absolute Gasteiger partial charge is 0.408 e. The zero-order chi connectivity index (χ0) is 19.5. The molecule has 2 aromatic carbocycles. The molecule has 0 aliphatic rings. The van der Waals surface area contributed by atoms with Crippen LogP contribution in [0.5, 0.6) is 5.75 Å². The van der Waals surface area contributed by atoms with Crippen molar-refractivity contribution in [2.75, 3.05) is 5.32 Å². The minimum Gasteiger partial charge on any atom is -0.491 e. The molecule has 0 radical (unpaired) electrons. The number of aromatic amines is 1. The van der Waals surface area contributed by atoms with E-state index in [-0.39, 0.29) is 6.10 Å². The Labute approximate surface area is 168 Å². The van der Waals surface area contributed by atoms with E-state index in [1.807, 2.05) is 73.0 Å². The molecule has 4 rings (SSSR count). The van der Waals surface area contributed by atoms with Gasteiger partial charge in [-0.25, -0.2) is 5.10 Å². The second-order valence-corrected chi connectivity index (χ2v) is 7.12. The van der Waals surface area contributed by atoms with Crippen LogP contribution in [0.3, 0.4) is 0 Å². The number of aromatic nitrogens is 4. The van der Waals surface area contributed by atoms with Crippen molar-refractivity contribution in [3.8, 4) is 17.0 Å². The fourth-order valence-electron chi connectivity index (χ4n) is 2.96. The quantitative estimate of drug-likeness (QED) is 0.479. The third kappa shape index (κ3) is 3.92. The van der Waals surface area contributed by atoms with Crippen molar-refractivity contribution in [2.45, 2.75) is 26.5 Å². The van der Waals surface area contributed by atoms with Crippen LogP contribution in [0.4, 0.5) is 5.82 Å². The van der Waals surface area contributed by atoms with Crippen molar-refractivity contribution in [2.24, 2.45) is 0 Å². The molecule has 0 unspecified atom stereocenters. The molecule has 6 nitrogen and oxygen atoms in total. The van der Waals surface area contributed by atoms with Gasteiger partial charge in [0.25, 0.3) is 0 Å². The number of nitrogens with zero attached hydrogens (tertiary/aromatic N) is 3.